The summed E-state index contributed by atoms with van der Waals surface area (Å²) in [6.07, 6.45) is 7.66. The van der Waals surface area contributed by atoms with Crippen molar-refractivity contribution >= 4 is 51.9 Å². The standard InChI is InChI=1S/C35H39N9O4/c1-22-27-20-37-34(40-32(27)44(25-8-4-5-9-25)33(47)31(22)23(2)45)38-29-12-11-26(19-36-29)42-17-15-41(16-18-42)21-24-7-3-6-10-28(24)43-14-13-30(46)39-35(43)48/h3,6-7,10-12,19-20,25H,4-5,8-9,13-18,21H2,1-2H3,(H,39,46,48)(H,36,37,38,40). The van der Waals surface area contributed by atoms with Crippen LogP contribution >= 0.6 is 0 Å². The van der Waals surface area contributed by atoms with E-state index in [0.29, 0.717) is 47.9 Å². The quantitative estimate of drug-likeness (QED) is 0.265. The summed E-state index contributed by atoms with van der Waals surface area (Å²) in [5, 5.41) is 6.32. The molecule has 0 atom stereocenters. The Bertz CT molecular complexity index is 1940. The first-order chi connectivity index (χ1) is 23.3. The second-order valence-corrected chi connectivity index (χ2v) is 12.8. The number of aromatic nitrogens is 4. The monoisotopic (exact) mass is 649 g/mol. The van der Waals surface area contributed by atoms with Crippen LogP contribution < -0.4 is 26.0 Å². The normalized spacial score (nSPS) is 17.6. The minimum Gasteiger partial charge on any atom is -0.368 e. The Hall–Kier alpha value is -5.17. The summed E-state index contributed by atoms with van der Waals surface area (Å²) in [6.45, 7) is 7.64. The maximum Gasteiger partial charge on any atom is 0.328 e. The van der Waals surface area contributed by atoms with Gasteiger partial charge in [0.05, 0.1) is 17.4 Å². The molecule has 2 saturated heterocycles. The van der Waals surface area contributed by atoms with Crippen LogP contribution in [0.2, 0.25) is 0 Å². The molecule has 2 N–H and O–H groups in total. The number of carbonyl (C=O) groups is 3. The number of fused-ring (bicyclic) bond motifs is 1. The number of piperazine rings is 1. The first kappa shape index (κ1) is 31.4. The van der Waals surface area contributed by atoms with Crippen molar-refractivity contribution in [3.63, 3.8) is 0 Å². The molecule has 3 aromatic heterocycles. The Morgan fingerprint density at radius 1 is 0.958 bits per heavy atom. The molecule has 3 fully saturated rings. The average Bonchev–Trinajstić information content (AvgIpc) is 3.60. The summed E-state index contributed by atoms with van der Waals surface area (Å²) in [5.74, 6) is 0.443. The maximum atomic E-state index is 13.5. The van der Waals surface area contributed by atoms with Crippen LogP contribution in [0.25, 0.3) is 11.0 Å². The van der Waals surface area contributed by atoms with Crippen LogP contribution in [0.1, 0.15) is 66.6 Å². The number of nitrogens with zero attached hydrogens (tertiary/aromatic N) is 7. The zero-order chi connectivity index (χ0) is 33.4. The van der Waals surface area contributed by atoms with Crippen molar-refractivity contribution in [3.8, 4) is 0 Å². The molecule has 0 radical (unpaired) electrons. The van der Waals surface area contributed by atoms with Gasteiger partial charge in [0.25, 0.3) is 5.56 Å². The summed E-state index contributed by atoms with van der Waals surface area (Å²) < 4.78 is 1.71. The van der Waals surface area contributed by atoms with E-state index in [2.05, 4.69) is 30.4 Å². The van der Waals surface area contributed by atoms with Gasteiger partial charge in [-0.2, -0.15) is 4.98 Å². The molecule has 48 heavy (non-hydrogen) atoms. The third kappa shape index (κ3) is 6.13. The SMILES string of the molecule is CC(=O)c1c(C)c2cnc(Nc3ccc(N4CCN(Cc5ccccc5N5CCC(=O)NC5=O)CC4)cn3)nc2n(C2CCCC2)c1=O. The van der Waals surface area contributed by atoms with Gasteiger partial charge >= 0.3 is 6.03 Å². The molecule has 0 spiro atoms. The lowest BCUT2D eigenvalue weighted by Crippen LogP contribution is -2.50. The molecule has 2 aliphatic heterocycles. The molecule has 1 saturated carbocycles. The number of para-hydroxylation sites is 1. The van der Waals surface area contributed by atoms with Gasteiger partial charge in [-0.05, 0) is 56.0 Å². The lowest BCUT2D eigenvalue weighted by Gasteiger charge is -2.37. The van der Waals surface area contributed by atoms with Crippen LogP contribution in [0.5, 0.6) is 0 Å². The minimum atomic E-state index is -0.371. The van der Waals surface area contributed by atoms with Crippen LogP contribution in [0, 0.1) is 6.92 Å². The number of ketones is 1. The van der Waals surface area contributed by atoms with Crippen molar-refractivity contribution in [1.29, 1.82) is 0 Å². The molecule has 13 nitrogen and oxygen atoms in total. The molecule has 7 rings (SSSR count). The van der Waals surface area contributed by atoms with Crippen molar-refractivity contribution in [1.82, 2.24) is 29.7 Å². The fraction of sp³-hybridized carbons (Fsp3) is 0.400. The number of urea groups is 1. The fourth-order valence-electron chi connectivity index (χ4n) is 7.18. The molecule has 4 aromatic rings. The molecule has 3 aliphatic rings. The van der Waals surface area contributed by atoms with Gasteiger partial charge in [-0.3, -0.25) is 34.1 Å². The van der Waals surface area contributed by atoms with Gasteiger partial charge in [-0.25, -0.2) is 14.8 Å². The number of nitrogens with one attached hydrogen (secondary N) is 2. The van der Waals surface area contributed by atoms with Crippen molar-refractivity contribution in [2.24, 2.45) is 0 Å². The molecule has 5 heterocycles. The van der Waals surface area contributed by atoms with E-state index in [1.807, 2.05) is 42.6 Å². The van der Waals surface area contributed by atoms with E-state index in [4.69, 9.17) is 4.98 Å². The largest absolute Gasteiger partial charge is 0.368 e. The highest BCUT2D eigenvalue weighted by Gasteiger charge is 2.28. The number of imide groups is 1. The number of hydrogen-bond donors (Lipinski definition) is 2. The Morgan fingerprint density at radius 2 is 1.73 bits per heavy atom. The van der Waals surface area contributed by atoms with Gasteiger partial charge < -0.3 is 10.2 Å². The van der Waals surface area contributed by atoms with Crippen LogP contribution in [-0.2, 0) is 11.3 Å². The van der Waals surface area contributed by atoms with Gasteiger partial charge in [0.15, 0.2) is 5.78 Å². The molecular weight excluding hydrogens is 610 g/mol. The predicted molar refractivity (Wildman–Crippen MR) is 183 cm³/mol. The highest BCUT2D eigenvalue weighted by molar-refractivity contribution is 6.06. The van der Waals surface area contributed by atoms with E-state index in [-0.39, 0.29) is 34.9 Å². The van der Waals surface area contributed by atoms with Gasteiger partial charge in [-0.15, -0.1) is 0 Å². The van der Waals surface area contributed by atoms with Gasteiger partial charge in [0.2, 0.25) is 11.9 Å². The highest BCUT2D eigenvalue weighted by atomic mass is 16.2. The van der Waals surface area contributed by atoms with Crippen molar-refractivity contribution < 1.29 is 14.4 Å². The number of anilines is 4. The first-order valence-electron chi connectivity index (χ1n) is 16.6. The molecule has 3 amide bonds. The fourth-order valence-corrected chi connectivity index (χ4v) is 7.18. The molecule has 1 aromatic carbocycles. The van der Waals surface area contributed by atoms with Crippen LogP contribution in [0.15, 0.2) is 53.6 Å². The second-order valence-electron chi connectivity index (χ2n) is 12.8. The molecule has 0 unspecified atom stereocenters. The number of aryl methyl sites for hydroxylation is 1. The number of pyridine rings is 2. The molecular formula is C35H39N9O4. The van der Waals surface area contributed by atoms with E-state index >= 15 is 0 Å². The summed E-state index contributed by atoms with van der Waals surface area (Å²) in [6, 6.07) is 11.4. The summed E-state index contributed by atoms with van der Waals surface area (Å²) in [4.78, 5) is 70.3. The van der Waals surface area contributed by atoms with E-state index in [1.54, 1.807) is 22.6 Å². The second kappa shape index (κ2) is 13.1. The average molecular weight is 650 g/mol. The number of Topliss-reactive ketones (excluding diaryl/α,β-unsaturated/α-hetero) is 1. The number of benzene rings is 1. The third-order valence-electron chi connectivity index (χ3n) is 9.71. The number of hydrogen-bond acceptors (Lipinski definition) is 10. The van der Waals surface area contributed by atoms with E-state index in [9.17, 15) is 19.2 Å². The zero-order valence-corrected chi connectivity index (χ0v) is 27.2. The van der Waals surface area contributed by atoms with E-state index < -0.39 is 0 Å². The van der Waals surface area contributed by atoms with Gasteiger partial charge in [0.1, 0.15) is 11.5 Å². The summed E-state index contributed by atoms with van der Waals surface area (Å²) in [5.41, 5.74) is 4.00. The van der Waals surface area contributed by atoms with Crippen molar-refractivity contribution in [2.75, 3.05) is 47.8 Å². The topological polar surface area (TPSA) is 146 Å². The van der Waals surface area contributed by atoms with E-state index in [1.165, 1.54) is 6.92 Å². The summed E-state index contributed by atoms with van der Waals surface area (Å²) >= 11 is 0. The number of amides is 3. The molecule has 248 valence electrons. The Morgan fingerprint density at radius 3 is 2.44 bits per heavy atom. The lowest BCUT2D eigenvalue weighted by atomic mass is 10.0. The molecule has 13 heteroatoms. The number of rotatable bonds is 8. The predicted octanol–water partition coefficient (Wildman–Crippen LogP) is 4.32. The lowest BCUT2D eigenvalue weighted by molar-refractivity contribution is -0.120. The van der Waals surface area contributed by atoms with Crippen molar-refractivity contribution in [2.45, 2.75) is 58.5 Å². The Balaban J connectivity index is 1.02. The molecule has 0 bridgehead atoms. The van der Waals surface area contributed by atoms with Crippen LogP contribution in [0.4, 0.5) is 27.9 Å². The third-order valence-corrected chi connectivity index (χ3v) is 9.71. The highest BCUT2D eigenvalue weighted by Crippen LogP contribution is 2.32. The molecule has 1 aliphatic carbocycles. The van der Waals surface area contributed by atoms with Crippen molar-refractivity contribution in [3.05, 3.63) is 75.8 Å². The zero-order valence-electron chi connectivity index (χ0n) is 27.2. The van der Waals surface area contributed by atoms with Crippen LogP contribution in [0.3, 0.4) is 0 Å². The van der Waals surface area contributed by atoms with Gasteiger partial charge in [0, 0.05) is 69.0 Å². The maximum absolute atomic E-state index is 13.5. The summed E-state index contributed by atoms with van der Waals surface area (Å²) in [7, 11) is 0. The minimum absolute atomic E-state index is 0.0113. The number of carbonyl (C=O) groups excluding carboxylic acids is 3. The first-order valence-corrected chi connectivity index (χ1v) is 16.6. The van der Waals surface area contributed by atoms with E-state index in [0.717, 1.165) is 68.8 Å². The Labute approximate surface area is 278 Å². The Kier molecular flexibility index (Phi) is 8.61. The van der Waals surface area contributed by atoms with Crippen LogP contribution in [-0.4, -0.2) is 74.9 Å². The smallest absolute Gasteiger partial charge is 0.328 e. The van der Waals surface area contributed by atoms with Gasteiger partial charge in [-0.1, -0.05) is 31.0 Å².